The number of hydrogen-bond acceptors (Lipinski definition) is 5. The van der Waals surface area contributed by atoms with Crippen molar-refractivity contribution >= 4 is 33.5 Å². The van der Waals surface area contributed by atoms with Crippen molar-refractivity contribution in [2.75, 3.05) is 0 Å². The molecule has 0 N–H and O–H groups in total. The topological polar surface area (TPSA) is 56.0 Å². The molecule has 0 saturated carbocycles. The highest BCUT2D eigenvalue weighted by atomic mass is 32.2. The van der Waals surface area contributed by atoms with E-state index in [2.05, 4.69) is 22.3 Å². The second kappa shape index (κ2) is 7.76. The highest BCUT2D eigenvalue weighted by Gasteiger charge is 2.13. The summed E-state index contributed by atoms with van der Waals surface area (Å²) in [6, 6.07) is 25.8. The maximum atomic E-state index is 12.0. The zero-order chi connectivity index (χ0) is 20.5. The van der Waals surface area contributed by atoms with Crippen molar-refractivity contribution in [3.8, 4) is 11.3 Å². The van der Waals surface area contributed by atoms with Gasteiger partial charge in [0.15, 0.2) is 0 Å². The van der Waals surface area contributed by atoms with Crippen molar-refractivity contribution in [3.63, 3.8) is 0 Å². The summed E-state index contributed by atoms with van der Waals surface area (Å²) < 4.78 is 5.38. The second-order valence-electron chi connectivity index (χ2n) is 7.14. The molecule has 0 aliphatic carbocycles. The lowest BCUT2D eigenvalue weighted by Crippen LogP contribution is -2.00. The Morgan fingerprint density at radius 2 is 1.60 bits per heavy atom. The van der Waals surface area contributed by atoms with E-state index in [9.17, 15) is 4.79 Å². The molecule has 0 aliphatic heterocycles. The van der Waals surface area contributed by atoms with E-state index in [0.717, 1.165) is 43.6 Å². The fraction of sp³-hybridized carbons (Fsp3) is 0.0800. The van der Waals surface area contributed by atoms with Gasteiger partial charge in [-0.05, 0) is 24.1 Å². The fourth-order valence-corrected chi connectivity index (χ4v) is 4.56. The van der Waals surface area contributed by atoms with Gasteiger partial charge in [0.25, 0.3) is 0 Å². The minimum atomic E-state index is -0.334. The fourth-order valence-electron chi connectivity index (χ4n) is 3.60. The predicted octanol–water partition coefficient (Wildman–Crippen LogP) is 6.00. The third-order valence-corrected chi connectivity index (χ3v) is 6.08. The minimum Gasteiger partial charge on any atom is -0.423 e. The number of aromatic nitrogens is 2. The Balaban J connectivity index is 1.55. The molecule has 0 bridgehead atoms. The highest BCUT2D eigenvalue weighted by Crippen LogP contribution is 2.33. The van der Waals surface area contributed by atoms with Gasteiger partial charge in [0.2, 0.25) is 0 Å². The number of hydrogen-bond donors (Lipinski definition) is 0. The van der Waals surface area contributed by atoms with Gasteiger partial charge in [-0.2, -0.15) is 0 Å². The number of fused-ring (bicyclic) bond motifs is 2. The number of rotatable bonds is 4. The zero-order valence-electron chi connectivity index (χ0n) is 16.3. The first-order chi connectivity index (χ1) is 14.7. The molecule has 5 aromatic rings. The summed E-state index contributed by atoms with van der Waals surface area (Å²) in [5.74, 6) is 0.606. The lowest BCUT2D eigenvalue weighted by Gasteiger charge is -2.10. The average Bonchev–Trinajstić information content (AvgIpc) is 2.77. The van der Waals surface area contributed by atoms with Crippen LogP contribution in [0.3, 0.4) is 0 Å². The molecule has 5 heteroatoms. The van der Waals surface area contributed by atoms with Crippen LogP contribution in [0.1, 0.15) is 11.1 Å². The van der Waals surface area contributed by atoms with Gasteiger partial charge < -0.3 is 4.42 Å². The quantitative estimate of drug-likeness (QED) is 0.268. The van der Waals surface area contributed by atoms with Gasteiger partial charge in [-0.1, -0.05) is 78.5 Å². The van der Waals surface area contributed by atoms with Crippen LogP contribution >= 0.6 is 11.8 Å². The molecule has 0 spiro atoms. The monoisotopic (exact) mass is 410 g/mol. The zero-order valence-corrected chi connectivity index (χ0v) is 17.1. The summed E-state index contributed by atoms with van der Waals surface area (Å²) in [4.78, 5) is 12.0. The molecule has 2 heterocycles. The largest absolute Gasteiger partial charge is 0.423 e. The molecular formula is C25H18N2O2S. The maximum Gasteiger partial charge on any atom is 0.336 e. The molecule has 0 saturated heterocycles. The van der Waals surface area contributed by atoms with Crippen LogP contribution in [0, 0.1) is 6.92 Å². The molecule has 30 heavy (non-hydrogen) atoms. The second-order valence-corrected chi connectivity index (χ2v) is 8.11. The van der Waals surface area contributed by atoms with Gasteiger partial charge in [0, 0.05) is 33.5 Å². The smallest absolute Gasteiger partial charge is 0.336 e. The van der Waals surface area contributed by atoms with E-state index < -0.39 is 0 Å². The first kappa shape index (κ1) is 18.6. The van der Waals surface area contributed by atoms with Crippen molar-refractivity contribution in [1.29, 1.82) is 0 Å². The van der Waals surface area contributed by atoms with E-state index in [-0.39, 0.29) is 5.63 Å². The molecule has 5 rings (SSSR count). The summed E-state index contributed by atoms with van der Waals surface area (Å²) in [7, 11) is 0. The van der Waals surface area contributed by atoms with E-state index >= 15 is 0 Å². The SMILES string of the molecule is Cc1ccc2c(CSc3nnc(-c4ccccc4)c4ccccc34)cc(=O)oc2c1. The van der Waals surface area contributed by atoms with Crippen LogP contribution in [0.5, 0.6) is 0 Å². The summed E-state index contributed by atoms with van der Waals surface area (Å²) in [6.45, 7) is 1.98. The number of thioether (sulfide) groups is 1. The molecule has 0 radical (unpaired) electrons. The van der Waals surface area contributed by atoms with E-state index in [1.165, 1.54) is 0 Å². The normalized spacial score (nSPS) is 11.2. The summed E-state index contributed by atoms with van der Waals surface area (Å²) in [5, 5.41) is 13.0. The lowest BCUT2D eigenvalue weighted by molar-refractivity contribution is 0.559. The predicted molar refractivity (Wildman–Crippen MR) is 122 cm³/mol. The van der Waals surface area contributed by atoms with E-state index in [0.29, 0.717) is 11.3 Å². The molecule has 146 valence electrons. The molecule has 0 fully saturated rings. The first-order valence-corrected chi connectivity index (χ1v) is 10.6. The van der Waals surface area contributed by atoms with Crippen molar-refractivity contribution < 1.29 is 4.42 Å². The number of benzene rings is 3. The van der Waals surface area contributed by atoms with Crippen LogP contribution < -0.4 is 5.63 Å². The van der Waals surface area contributed by atoms with E-state index in [1.807, 2.05) is 67.6 Å². The van der Waals surface area contributed by atoms with Crippen LogP contribution in [-0.4, -0.2) is 10.2 Å². The summed E-state index contributed by atoms with van der Waals surface area (Å²) in [5.41, 5.74) is 4.19. The standard InChI is InChI=1S/C25H18N2O2S/c1-16-11-12-19-18(14-23(28)29-22(19)13-16)15-30-25-21-10-6-5-9-20(21)24(26-27-25)17-7-3-2-4-8-17/h2-14H,15H2,1H3. The summed E-state index contributed by atoms with van der Waals surface area (Å²) in [6.07, 6.45) is 0. The molecule has 0 amide bonds. The van der Waals surface area contributed by atoms with E-state index in [4.69, 9.17) is 4.42 Å². The molecule has 0 unspecified atom stereocenters. The lowest BCUT2D eigenvalue weighted by atomic mass is 10.1. The van der Waals surface area contributed by atoms with Crippen molar-refractivity contribution in [3.05, 3.63) is 100 Å². The van der Waals surface area contributed by atoms with Crippen LogP contribution in [0.2, 0.25) is 0 Å². The molecular weight excluding hydrogens is 392 g/mol. The third-order valence-electron chi connectivity index (χ3n) is 5.05. The highest BCUT2D eigenvalue weighted by molar-refractivity contribution is 7.98. The maximum absolute atomic E-state index is 12.0. The van der Waals surface area contributed by atoms with Gasteiger partial charge in [0.1, 0.15) is 16.3 Å². The van der Waals surface area contributed by atoms with E-state index in [1.54, 1.807) is 17.8 Å². The van der Waals surface area contributed by atoms with Gasteiger partial charge in [-0.3, -0.25) is 0 Å². The Bertz CT molecular complexity index is 1430. The van der Waals surface area contributed by atoms with Crippen LogP contribution in [0.25, 0.3) is 33.0 Å². The van der Waals surface area contributed by atoms with Gasteiger partial charge in [-0.15, -0.1) is 10.2 Å². The number of nitrogens with zero attached hydrogens (tertiary/aromatic N) is 2. The summed E-state index contributed by atoms with van der Waals surface area (Å²) >= 11 is 1.58. The minimum absolute atomic E-state index is 0.334. The molecule has 0 atom stereocenters. The van der Waals surface area contributed by atoms with Crippen LogP contribution in [-0.2, 0) is 5.75 Å². The molecule has 0 aliphatic rings. The Labute approximate surface area is 177 Å². The molecule has 3 aromatic carbocycles. The van der Waals surface area contributed by atoms with Crippen molar-refractivity contribution in [1.82, 2.24) is 10.2 Å². The third kappa shape index (κ3) is 3.48. The Morgan fingerprint density at radius 1 is 0.833 bits per heavy atom. The average molecular weight is 410 g/mol. The Morgan fingerprint density at radius 3 is 2.43 bits per heavy atom. The van der Waals surface area contributed by atoms with Gasteiger partial charge in [-0.25, -0.2) is 4.79 Å². The Hall–Kier alpha value is -3.44. The number of aryl methyl sites for hydroxylation is 1. The molecule has 4 nitrogen and oxygen atoms in total. The molecule has 2 aromatic heterocycles. The van der Waals surface area contributed by atoms with Gasteiger partial charge >= 0.3 is 5.63 Å². The Kier molecular flexibility index (Phi) is 4.81. The van der Waals surface area contributed by atoms with Gasteiger partial charge in [0.05, 0.1) is 0 Å². The first-order valence-electron chi connectivity index (χ1n) is 9.66. The van der Waals surface area contributed by atoms with Crippen molar-refractivity contribution in [2.24, 2.45) is 0 Å². The van der Waals surface area contributed by atoms with Crippen LogP contribution in [0.4, 0.5) is 0 Å². The van der Waals surface area contributed by atoms with Crippen LogP contribution in [0.15, 0.2) is 93.1 Å². The van der Waals surface area contributed by atoms with Crippen molar-refractivity contribution in [2.45, 2.75) is 17.7 Å².